The summed E-state index contributed by atoms with van der Waals surface area (Å²) < 4.78 is 13.8. The van der Waals surface area contributed by atoms with E-state index in [0.717, 1.165) is 0 Å². The second-order valence-corrected chi connectivity index (χ2v) is 4.26. The maximum atomic E-state index is 13.8. The van der Waals surface area contributed by atoms with E-state index in [1.54, 1.807) is 26.0 Å². The molecule has 7 nitrogen and oxygen atoms in total. The number of halogens is 1. The van der Waals surface area contributed by atoms with Crippen LogP contribution in [0, 0.1) is 22.9 Å². The minimum absolute atomic E-state index is 0.0563. The lowest BCUT2D eigenvalue weighted by atomic mass is 10.2. The van der Waals surface area contributed by atoms with Crippen LogP contribution in [-0.2, 0) is 0 Å². The number of hydrogen-bond acceptors (Lipinski definition) is 6. The fourth-order valence-electron chi connectivity index (χ4n) is 1.85. The van der Waals surface area contributed by atoms with Gasteiger partial charge in [0.15, 0.2) is 0 Å². The molecule has 0 amide bonds. The van der Waals surface area contributed by atoms with Crippen LogP contribution < -0.4 is 10.6 Å². The maximum Gasteiger partial charge on any atom is 0.353 e. The van der Waals surface area contributed by atoms with Gasteiger partial charge in [0.1, 0.15) is 12.1 Å². The van der Waals surface area contributed by atoms with E-state index >= 15 is 0 Å². The molecular formula is C13H14FN5O2. The van der Waals surface area contributed by atoms with Gasteiger partial charge in [-0.1, -0.05) is 12.1 Å². The lowest BCUT2D eigenvalue weighted by Crippen LogP contribution is -2.08. The van der Waals surface area contributed by atoms with Crippen molar-refractivity contribution < 1.29 is 9.31 Å². The van der Waals surface area contributed by atoms with Gasteiger partial charge < -0.3 is 10.6 Å². The quantitative estimate of drug-likeness (QED) is 0.649. The normalized spacial score (nSPS) is 10.2. The third-order valence-electron chi connectivity index (χ3n) is 2.81. The molecule has 2 aromatic rings. The van der Waals surface area contributed by atoms with Crippen molar-refractivity contribution in [3.8, 4) is 0 Å². The van der Waals surface area contributed by atoms with Gasteiger partial charge in [-0.05, 0) is 25.5 Å². The van der Waals surface area contributed by atoms with Crippen LogP contribution in [0.2, 0.25) is 0 Å². The van der Waals surface area contributed by atoms with E-state index in [9.17, 15) is 14.5 Å². The summed E-state index contributed by atoms with van der Waals surface area (Å²) >= 11 is 0. The molecule has 110 valence electrons. The predicted molar refractivity (Wildman–Crippen MR) is 77.3 cm³/mol. The number of anilines is 3. The predicted octanol–water partition coefficient (Wildman–Crippen LogP) is 3.01. The number of aryl methyl sites for hydroxylation is 1. The van der Waals surface area contributed by atoms with Crippen LogP contribution in [0.4, 0.5) is 27.4 Å². The number of nitro groups is 1. The molecule has 1 heterocycles. The number of aromatic nitrogens is 2. The number of nitrogens with zero attached hydrogens (tertiary/aromatic N) is 3. The lowest BCUT2D eigenvalue weighted by Gasteiger charge is -2.11. The third kappa shape index (κ3) is 3.04. The summed E-state index contributed by atoms with van der Waals surface area (Å²) in [5, 5.41) is 16.7. The highest BCUT2D eigenvalue weighted by molar-refractivity contribution is 5.74. The monoisotopic (exact) mass is 291 g/mol. The van der Waals surface area contributed by atoms with Crippen molar-refractivity contribution in [2.75, 3.05) is 17.2 Å². The topological polar surface area (TPSA) is 93.0 Å². The SMILES string of the molecule is CCNc1ncnc(Nc2c(C)cccc2F)c1[N+](=O)[O-]. The summed E-state index contributed by atoms with van der Waals surface area (Å²) in [7, 11) is 0. The molecule has 2 rings (SSSR count). The molecule has 0 radical (unpaired) electrons. The lowest BCUT2D eigenvalue weighted by molar-refractivity contribution is -0.383. The van der Waals surface area contributed by atoms with Gasteiger partial charge in [0, 0.05) is 6.54 Å². The largest absolute Gasteiger partial charge is 0.364 e. The standard InChI is InChI=1S/C13H14FN5O2/c1-3-15-12-11(19(20)21)13(17-7-16-12)18-10-8(2)5-4-6-9(10)14/h4-7H,3H2,1-2H3,(H2,15,16,17,18). The van der Waals surface area contributed by atoms with Gasteiger partial charge in [-0.15, -0.1) is 0 Å². The van der Waals surface area contributed by atoms with Crippen molar-refractivity contribution in [2.24, 2.45) is 0 Å². The van der Waals surface area contributed by atoms with Gasteiger partial charge in [-0.2, -0.15) is 0 Å². The molecule has 0 aliphatic heterocycles. The summed E-state index contributed by atoms with van der Waals surface area (Å²) in [4.78, 5) is 18.3. The van der Waals surface area contributed by atoms with Gasteiger partial charge in [0.2, 0.25) is 11.6 Å². The first-order valence-electron chi connectivity index (χ1n) is 6.30. The Labute approximate surface area is 120 Å². The van der Waals surface area contributed by atoms with Gasteiger partial charge >= 0.3 is 5.69 Å². The van der Waals surface area contributed by atoms with Crippen molar-refractivity contribution in [2.45, 2.75) is 13.8 Å². The maximum absolute atomic E-state index is 13.8. The van der Waals surface area contributed by atoms with Crippen LogP contribution in [0.15, 0.2) is 24.5 Å². The fraction of sp³-hybridized carbons (Fsp3) is 0.231. The number of benzene rings is 1. The Bertz CT molecular complexity index is 657. The first kappa shape index (κ1) is 14.6. The molecule has 0 saturated carbocycles. The molecule has 1 aromatic heterocycles. The van der Waals surface area contributed by atoms with E-state index in [-0.39, 0.29) is 23.0 Å². The van der Waals surface area contributed by atoms with Gasteiger partial charge in [-0.25, -0.2) is 14.4 Å². The van der Waals surface area contributed by atoms with Crippen LogP contribution in [0.3, 0.4) is 0 Å². The molecule has 0 saturated heterocycles. The second kappa shape index (κ2) is 6.12. The Hall–Kier alpha value is -2.77. The van der Waals surface area contributed by atoms with Crippen molar-refractivity contribution in [1.82, 2.24) is 9.97 Å². The van der Waals surface area contributed by atoms with Crippen LogP contribution in [0.25, 0.3) is 0 Å². The Balaban J connectivity index is 2.49. The summed E-state index contributed by atoms with van der Waals surface area (Å²) in [5.74, 6) is -0.471. The third-order valence-corrected chi connectivity index (χ3v) is 2.81. The first-order valence-corrected chi connectivity index (χ1v) is 6.30. The zero-order chi connectivity index (χ0) is 15.4. The summed E-state index contributed by atoms with van der Waals surface area (Å²) in [5.41, 5.74) is 0.455. The number of hydrogen-bond donors (Lipinski definition) is 2. The molecule has 8 heteroatoms. The highest BCUT2D eigenvalue weighted by Crippen LogP contribution is 2.32. The fourth-order valence-corrected chi connectivity index (χ4v) is 1.85. The van der Waals surface area contributed by atoms with Crippen molar-refractivity contribution in [3.05, 3.63) is 46.0 Å². The number of para-hydroxylation sites is 1. The number of nitrogens with one attached hydrogen (secondary N) is 2. The number of rotatable bonds is 5. The van der Waals surface area contributed by atoms with Crippen LogP contribution in [-0.4, -0.2) is 21.4 Å². The molecule has 1 aromatic carbocycles. The second-order valence-electron chi connectivity index (χ2n) is 4.26. The van der Waals surface area contributed by atoms with Crippen molar-refractivity contribution in [1.29, 1.82) is 0 Å². The zero-order valence-corrected chi connectivity index (χ0v) is 11.6. The molecule has 0 aliphatic rings. The van der Waals surface area contributed by atoms with E-state index < -0.39 is 10.7 Å². The molecule has 0 fully saturated rings. The van der Waals surface area contributed by atoms with E-state index in [1.807, 2.05) is 0 Å². The van der Waals surface area contributed by atoms with E-state index in [2.05, 4.69) is 20.6 Å². The smallest absolute Gasteiger partial charge is 0.353 e. The van der Waals surface area contributed by atoms with Gasteiger partial charge in [0.25, 0.3) is 0 Å². The summed E-state index contributed by atoms with van der Waals surface area (Å²) in [6.07, 6.45) is 1.18. The molecule has 2 N–H and O–H groups in total. The van der Waals surface area contributed by atoms with Gasteiger partial charge in [-0.3, -0.25) is 10.1 Å². The summed E-state index contributed by atoms with van der Waals surface area (Å²) in [6.45, 7) is 3.96. The van der Waals surface area contributed by atoms with Crippen LogP contribution in [0.5, 0.6) is 0 Å². The zero-order valence-electron chi connectivity index (χ0n) is 11.6. The Morgan fingerprint density at radius 2 is 2.05 bits per heavy atom. The van der Waals surface area contributed by atoms with Crippen LogP contribution >= 0.6 is 0 Å². The average molecular weight is 291 g/mol. The van der Waals surface area contributed by atoms with Crippen molar-refractivity contribution >= 4 is 23.0 Å². The van der Waals surface area contributed by atoms with E-state index in [4.69, 9.17) is 0 Å². The molecule has 0 atom stereocenters. The van der Waals surface area contributed by atoms with Gasteiger partial charge in [0.05, 0.1) is 10.6 Å². The Morgan fingerprint density at radius 3 is 2.67 bits per heavy atom. The Morgan fingerprint density at radius 1 is 1.33 bits per heavy atom. The average Bonchev–Trinajstić information content (AvgIpc) is 2.43. The molecule has 0 aliphatic carbocycles. The molecule has 0 unspecified atom stereocenters. The minimum Gasteiger partial charge on any atom is -0.364 e. The van der Waals surface area contributed by atoms with Crippen molar-refractivity contribution in [3.63, 3.8) is 0 Å². The molecule has 0 bridgehead atoms. The molecular weight excluding hydrogens is 277 g/mol. The minimum atomic E-state index is -0.601. The highest BCUT2D eigenvalue weighted by atomic mass is 19.1. The molecule has 21 heavy (non-hydrogen) atoms. The summed E-state index contributed by atoms with van der Waals surface area (Å²) in [6, 6.07) is 4.53. The first-order chi connectivity index (χ1) is 10.0. The van der Waals surface area contributed by atoms with E-state index in [1.165, 1.54) is 12.4 Å². The highest BCUT2D eigenvalue weighted by Gasteiger charge is 2.23. The molecule has 0 spiro atoms. The Kier molecular flexibility index (Phi) is 4.27. The van der Waals surface area contributed by atoms with E-state index in [0.29, 0.717) is 12.1 Å². The van der Waals surface area contributed by atoms with Crippen LogP contribution in [0.1, 0.15) is 12.5 Å².